The van der Waals surface area contributed by atoms with Gasteiger partial charge in [-0.3, -0.25) is 0 Å². The molecular weight excluding hydrogens is 250 g/mol. The normalized spacial score (nSPS) is 29.6. The summed E-state index contributed by atoms with van der Waals surface area (Å²) < 4.78 is 11.4. The lowest BCUT2D eigenvalue weighted by Gasteiger charge is -2.33. The number of rotatable bonds is 2. The van der Waals surface area contributed by atoms with Crippen LogP contribution in [0.4, 0.5) is 5.69 Å². The summed E-state index contributed by atoms with van der Waals surface area (Å²) in [5, 5.41) is 3.67. The maximum Gasteiger partial charge on any atom is 0.163 e. The van der Waals surface area contributed by atoms with Gasteiger partial charge in [0.1, 0.15) is 0 Å². The summed E-state index contributed by atoms with van der Waals surface area (Å²) in [6.07, 6.45) is 4.80. The Balaban J connectivity index is 1.67. The Hall–Kier alpha value is -1.38. The van der Waals surface area contributed by atoms with Crippen LogP contribution in [-0.4, -0.2) is 19.3 Å². The fourth-order valence-corrected chi connectivity index (χ4v) is 3.17. The molecule has 3 atom stereocenters. The first kappa shape index (κ1) is 13.6. The average molecular weight is 275 g/mol. The predicted octanol–water partition coefficient (Wildman–Crippen LogP) is 4.08. The highest BCUT2D eigenvalue weighted by Crippen LogP contribution is 2.35. The van der Waals surface area contributed by atoms with Gasteiger partial charge in [0.15, 0.2) is 11.5 Å². The molecule has 1 aromatic carbocycles. The Kier molecular flexibility index (Phi) is 4.04. The topological polar surface area (TPSA) is 30.5 Å². The van der Waals surface area contributed by atoms with Crippen LogP contribution in [0.25, 0.3) is 0 Å². The van der Waals surface area contributed by atoms with Crippen molar-refractivity contribution in [3.63, 3.8) is 0 Å². The third-order valence-electron chi connectivity index (χ3n) is 4.72. The number of benzene rings is 1. The first-order valence-corrected chi connectivity index (χ1v) is 7.88. The van der Waals surface area contributed by atoms with E-state index in [1.165, 1.54) is 19.3 Å². The summed E-state index contributed by atoms with van der Waals surface area (Å²) in [6.45, 7) is 6.23. The van der Waals surface area contributed by atoms with Crippen LogP contribution in [0.2, 0.25) is 0 Å². The van der Waals surface area contributed by atoms with Crippen molar-refractivity contribution in [3.8, 4) is 11.5 Å². The quantitative estimate of drug-likeness (QED) is 0.882. The molecule has 0 saturated heterocycles. The Morgan fingerprint density at radius 3 is 2.60 bits per heavy atom. The molecule has 0 aromatic heterocycles. The Labute approximate surface area is 121 Å². The summed E-state index contributed by atoms with van der Waals surface area (Å²) in [7, 11) is 0. The number of nitrogens with one attached hydrogen (secondary N) is 1. The van der Waals surface area contributed by atoms with Crippen molar-refractivity contribution >= 4 is 5.69 Å². The van der Waals surface area contributed by atoms with Crippen molar-refractivity contribution in [1.29, 1.82) is 0 Å². The standard InChI is InChI=1S/C17H25NO2/c1-12-4-5-14(10-13(12)2)18-15-6-7-16-17(11-15)20-9-3-8-19-16/h6-7,11-14,18H,3-5,8-10H2,1-2H3. The first-order valence-electron chi connectivity index (χ1n) is 7.88. The molecule has 0 bridgehead atoms. The van der Waals surface area contributed by atoms with Gasteiger partial charge < -0.3 is 14.8 Å². The maximum absolute atomic E-state index is 5.75. The van der Waals surface area contributed by atoms with Gasteiger partial charge in [0.25, 0.3) is 0 Å². The average Bonchev–Trinajstić information content (AvgIpc) is 2.68. The molecule has 0 amide bonds. The first-order chi connectivity index (χ1) is 9.72. The Bertz CT molecular complexity index is 460. The van der Waals surface area contributed by atoms with Crippen molar-refractivity contribution in [2.24, 2.45) is 11.8 Å². The SMILES string of the molecule is CC1CCC(Nc2ccc3c(c2)OCCCO3)CC1C. The van der Waals surface area contributed by atoms with Gasteiger partial charge in [-0.05, 0) is 43.2 Å². The van der Waals surface area contributed by atoms with Crippen molar-refractivity contribution < 1.29 is 9.47 Å². The van der Waals surface area contributed by atoms with E-state index in [1.807, 2.05) is 6.07 Å². The van der Waals surface area contributed by atoms with Crippen molar-refractivity contribution in [2.75, 3.05) is 18.5 Å². The van der Waals surface area contributed by atoms with Crippen LogP contribution in [0.1, 0.15) is 39.5 Å². The zero-order valence-electron chi connectivity index (χ0n) is 12.5. The fraction of sp³-hybridized carbons (Fsp3) is 0.647. The van der Waals surface area contributed by atoms with E-state index < -0.39 is 0 Å². The molecule has 3 unspecified atom stereocenters. The van der Waals surface area contributed by atoms with Gasteiger partial charge in [0.2, 0.25) is 0 Å². The second kappa shape index (κ2) is 5.94. The smallest absolute Gasteiger partial charge is 0.163 e. The van der Waals surface area contributed by atoms with E-state index in [2.05, 4.69) is 31.3 Å². The van der Waals surface area contributed by atoms with Crippen LogP contribution in [-0.2, 0) is 0 Å². The highest BCUT2D eigenvalue weighted by Gasteiger charge is 2.24. The minimum Gasteiger partial charge on any atom is -0.490 e. The van der Waals surface area contributed by atoms with E-state index in [0.29, 0.717) is 6.04 Å². The van der Waals surface area contributed by atoms with Gasteiger partial charge in [-0.15, -0.1) is 0 Å². The summed E-state index contributed by atoms with van der Waals surface area (Å²) in [4.78, 5) is 0. The number of ether oxygens (including phenoxy) is 2. The molecule has 20 heavy (non-hydrogen) atoms. The predicted molar refractivity (Wildman–Crippen MR) is 81.6 cm³/mol. The number of hydrogen-bond donors (Lipinski definition) is 1. The molecule has 1 aliphatic heterocycles. The molecule has 1 aliphatic carbocycles. The molecule has 2 aliphatic rings. The van der Waals surface area contributed by atoms with Crippen LogP contribution in [0.3, 0.4) is 0 Å². The molecule has 1 aromatic rings. The second-order valence-corrected chi connectivity index (χ2v) is 6.32. The minimum absolute atomic E-state index is 0.589. The van der Waals surface area contributed by atoms with Crippen LogP contribution in [0.15, 0.2) is 18.2 Å². The van der Waals surface area contributed by atoms with E-state index in [0.717, 1.165) is 48.7 Å². The van der Waals surface area contributed by atoms with E-state index in [9.17, 15) is 0 Å². The van der Waals surface area contributed by atoms with Gasteiger partial charge in [0.05, 0.1) is 13.2 Å². The van der Waals surface area contributed by atoms with E-state index >= 15 is 0 Å². The Morgan fingerprint density at radius 2 is 1.80 bits per heavy atom. The van der Waals surface area contributed by atoms with E-state index in [-0.39, 0.29) is 0 Å². The molecule has 3 rings (SSSR count). The molecule has 1 heterocycles. The third kappa shape index (κ3) is 3.02. The Morgan fingerprint density at radius 1 is 1.00 bits per heavy atom. The number of fused-ring (bicyclic) bond motifs is 1. The molecule has 0 spiro atoms. The molecule has 1 N–H and O–H groups in total. The largest absolute Gasteiger partial charge is 0.490 e. The zero-order chi connectivity index (χ0) is 13.9. The van der Waals surface area contributed by atoms with E-state index in [4.69, 9.17) is 9.47 Å². The highest BCUT2D eigenvalue weighted by molar-refractivity contribution is 5.55. The molecular formula is C17H25NO2. The summed E-state index contributed by atoms with van der Waals surface area (Å²) in [5.74, 6) is 3.42. The minimum atomic E-state index is 0.589. The van der Waals surface area contributed by atoms with Crippen LogP contribution in [0.5, 0.6) is 11.5 Å². The molecule has 1 fully saturated rings. The summed E-state index contributed by atoms with van der Waals surface area (Å²) in [6, 6.07) is 6.81. The monoisotopic (exact) mass is 275 g/mol. The van der Waals surface area contributed by atoms with Gasteiger partial charge in [0, 0.05) is 24.2 Å². The van der Waals surface area contributed by atoms with Crippen LogP contribution >= 0.6 is 0 Å². The highest BCUT2D eigenvalue weighted by atomic mass is 16.5. The molecule has 3 nitrogen and oxygen atoms in total. The molecule has 3 heteroatoms. The fourth-order valence-electron chi connectivity index (χ4n) is 3.17. The lowest BCUT2D eigenvalue weighted by molar-refractivity contribution is 0.261. The van der Waals surface area contributed by atoms with Gasteiger partial charge >= 0.3 is 0 Å². The van der Waals surface area contributed by atoms with Gasteiger partial charge in [-0.1, -0.05) is 13.8 Å². The third-order valence-corrected chi connectivity index (χ3v) is 4.72. The lowest BCUT2D eigenvalue weighted by atomic mass is 9.79. The van der Waals surface area contributed by atoms with E-state index in [1.54, 1.807) is 0 Å². The summed E-state index contributed by atoms with van der Waals surface area (Å²) in [5.41, 5.74) is 1.15. The van der Waals surface area contributed by atoms with Crippen LogP contribution in [0, 0.1) is 11.8 Å². The molecule has 110 valence electrons. The number of hydrogen-bond acceptors (Lipinski definition) is 3. The molecule has 0 radical (unpaired) electrons. The van der Waals surface area contributed by atoms with Crippen LogP contribution < -0.4 is 14.8 Å². The lowest BCUT2D eigenvalue weighted by Crippen LogP contribution is -2.30. The van der Waals surface area contributed by atoms with Gasteiger partial charge in [-0.2, -0.15) is 0 Å². The zero-order valence-corrected chi connectivity index (χ0v) is 12.5. The summed E-state index contributed by atoms with van der Waals surface area (Å²) >= 11 is 0. The number of anilines is 1. The van der Waals surface area contributed by atoms with Crippen molar-refractivity contribution in [1.82, 2.24) is 0 Å². The maximum atomic E-state index is 5.75. The molecule has 1 saturated carbocycles. The van der Waals surface area contributed by atoms with Gasteiger partial charge in [-0.25, -0.2) is 0 Å². The van der Waals surface area contributed by atoms with Crippen molar-refractivity contribution in [3.05, 3.63) is 18.2 Å². The second-order valence-electron chi connectivity index (χ2n) is 6.32. The van der Waals surface area contributed by atoms with Crippen molar-refractivity contribution in [2.45, 2.75) is 45.6 Å².